The predicted octanol–water partition coefficient (Wildman–Crippen LogP) is 1.99. The Morgan fingerprint density at radius 1 is 1.33 bits per heavy atom. The van der Waals surface area contributed by atoms with Crippen molar-refractivity contribution in [1.82, 2.24) is 4.90 Å². The fraction of sp³-hybridized carbons (Fsp3) is 0.429. The van der Waals surface area contributed by atoms with Crippen molar-refractivity contribution < 1.29 is 14.3 Å². The monoisotopic (exact) mass is 245 g/mol. The van der Waals surface area contributed by atoms with Crippen LogP contribution in [0.15, 0.2) is 30.3 Å². The van der Waals surface area contributed by atoms with Gasteiger partial charge in [-0.25, -0.2) is 4.79 Å². The lowest BCUT2D eigenvalue weighted by atomic mass is 9.79. The Bertz CT molecular complexity index is 471. The minimum absolute atomic E-state index is 0.0780. The molecule has 1 aliphatic carbocycles. The van der Waals surface area contributed by atoms with Gasteiger partial charge in [0.25, 0.3) is 0 Å². The van der Waals surface area contributed by atoms with Crippen LogP contribution in [0.1, 0.15) is 18.4 Å². The molecule has 1 aromatic rings. The van der Waals surface area contributed by atoms with Crippen LogP contribution in [-0.2, 0) is 16.1 Å². The number of fused-ring (bicyclic) bond motifs is 1. The zero-order valence-electron chi connectivity index (χ0n) is 10.0. The lowest BCUT2D eigenvalue weighted by molar-refractivity contribution is -0.131. The van der Waals surface area contributed by atoms with Crippen molar-refractivity contribution >= 4 is 11.9 Å². The van der Waals surface area contributed by atoms with E-state index in [0.29, 0.717) is 25.4 Å². The number of benzene rings is 1. The maximum Gasteiger partial charge on any atom is 0.410 e. The molecule has 0 N–H and O–H groups in total. The Hall–Kier alpha value is -1.84. The third-order valence-electron chi connectivity index (χ3n) is 3.81. The molecule has 1 aliphatic heterocycles. The van der Waals surface area contributed by atoms with E-state index < -0.39 is 0 Å². The average Bonchev–Trinajstić information content (AvgIpc) is 2.74. The highest BCUT2D eigenvalue weighted by molar-refractivity contribution is 5.90. The van der Waals surface area contributed by atoms with E-state index >= 15 is 0 Å². The Balaban J connectivity index is 1.55. The van der Waals surface area contributed by atoms with Crippen molar-refractivity contribution in [2.75, 3.05) is 6.54 Å². The largest absolute Gasteiger partial charge is 0.445 e. The lowest BCUT2D eigenvalue weighted by Gasteiger charge is -2.33. The summed E-state index contributed by atoms with van der Waals surface area (Å²) in [5, 5.41) is 0. The van der Waals surface area contributed by atoms with Crippen LogP contribution in [0.5, 0.6) is 0 Å². The molecule has 1 amide bonds. The summed E-state index contributed by atoms with van der Waals surface area (Å²) in [6, 6.07) is 9.70. The van der Waals surface area contributed by atoms with Gasteiger partial charge >= 0.3 is 6.09 Å². The summed E-state index contributed by atoms with van der Waals surface area (Å²) < 4.78 is 5.28. The van der Waals surface area contributed by atoms with Crippen LogP contribution in [0.4, 0.5) is 4.79 Å². The van der Waals surface area contributed by atoms with E-state index in [0.717, 1.165) is 12.0 Å². The van der Waals surface area contributed by atoms with Crippen LogP contribution in [-0.4, -0.2) is 29.4 Å². The molecule has 94 valence electrons. The van der Waals surface area contributed by atoms with Gasteiger partial charge in [0.2, 0.25) is 0 Å². The highest BCUT2D eigenvalue weighted by Gasteiger charge is 2.49. The molecular weight excluding hydrogens is 230 g/mol. The van der Waals surface area contributed by atoms with Crippen molar-refractivity contribution in [3.63, 3.8) is 0 Å². The van der Waals surface area contributed by atoms with E-state index in [2.05, 4.69) is 0 Å². The highest BCUT2D eigenvalue weighted by atomic mass is 16.6. The van der Waals surface area contributed by atoms with Crippen molar-refractivity contribution in [3.05, 3.63) is 35.9 Å². The SMILES string of the molecule is O=C1CC2C1CCN2C(=O)OCc1ccccc1. The van der Waals surface area contributed by atoms with Gasteiger partial charge in [0.05, 0.1) is 6.04 Å². The maximum atomic E-state index is 11.9. The fourth-order valence-electron chi connectivity index (χ4n) is 2.71. The molecule has 0 radical (unpaired) electrons. The van der Waals surface area contributed by atoms with Crippen LogP contribution in [0.2, 0.25) is 0 Å². The number of amides is 1. The summed E-state index contributed by atoms with van der Waals surface area (Å²) in [5.41, 5.74) is 0.978. The Labute approximate surface area is 106 Å². The number of ketones is 1. The molecule has 0 aromatic heterocycles. The van der Waals surface area contributed by atoms with E-state index in [1.807, 2.05) is 30.3 Å². The van der Waals surface area contributed by atoms with Gasteiger partial charge in [-0.2, -0.15) is 0 Å². The van der Waals surface area contributed by atoms with Crippen molar-refractivity contribution in [1.29, 1.82) is 0 Å². The summed E-state index contributed by atoms with van der Waals surface area (Å²) in [4.78, 5) is 24.9. The lowest BCUT2D eigenvalue weighted by Crippen LogP contribution is -2.48. The second kappa shape index (κ2) is 4.44. The second-order valence-electron chi connectivity index (χ2n) is 4.87. The Morgan fingerprint density at radius 2 is 2.11 bits per heavy atom. The normalized spacial score (nSPS) is 25.6. The third kappa shape index (κ3) is 1.88. The second-order valence-corrected chi connectivity index (χ2v) is 4.87. The summed E-state index contributed by atoms with van der Waals surface area (Å²) in [7, 11) is 0. The summed E-state index contributed by atoms with van der Waals surface area (Å²) in [6.07, 6.45) is 1.01. The van der Waals surface area contributed by atoms with E-state index in [-0.39, 0.29) is 18.1 Å². The molecule has 4 heteroatoms. The number of likely N-dealkylation sites (tertiary alicyclic amines) is 1. The quantitative estimate of drug-likeness (QED) is 0.800. The molecule has 1 saturated carbocycles. The molecule has 0 bridgehead atoms. The summed E-state index contributed by atoms with van der Waals surface area (Å²) >= 11 is 0. The zero-order chi connectivity index (χ0) is 12.5. The van der Waals surface area contributed by atoms with Crippen molar-refractivity contribution in [2.24, 2.45) is 5.92 Å². The minimum Gasteiger partial charge on any atom is -0.445 e. The number of Topliss-reactive ketones (excluding diaryl/α,β-unsaturated/α-hetero) is 1. The van der Waals surface area contributed by atoms with Crippen LogP contribution >= 0.6 is 0 Å². The van der Waals surface area contributed by atoms with Crippen LogP contribution in [0.25, 0.3) is 0 Å². The molecule has 0 spiro atoms. The standard InChI is InChI=1S/C14H15NO3/c16-13-8-12-11(13)6-7-15(12)14(17)18-9-10-4-2-1-3-5-10/h1-5,11-12H,6-9H2. The molecular formula is C14H15NO3. The summed E-state index contributed by atoms with van der Waals surface area (Å²) in [5.74, 6) is 0.368. The molecule has 4 nitrogen and oxygen atoms in total. The van der Waals surface area contributed by atoms with Gasteiger partial charge in [-0.15, -0.1) is 0 Å². The Kier molecular flexibility index (Phi) is 2.78. The first kappa shape index (κ1) is 11.3. The molecule has 1 saturated heterocycles. The molecule has 1 aromatic carbocycles. The number of nitrogens with zero attached hydrogens (tertiary/aromatic N) is 1. The number of carbonyl (C=O) groups excluding carboxylic acids is 2. The maximum absolute atomic E-state index is 11.9. The first-order chi connectivity index (χ1) is 8.75. The molecule has 18 heavy (non-hydrogen) atoms. The number of hydrogen-bond donors (Lipinski definition) is 0. The zero-order valence-corrected chi connectivity index (χ0v) is 10.0. The van der Waals surface area contributed by atoms with Gasteiger partial charge in [0.1, 0.15) is 12.4 Å². The first-order valence-electron chi connectivity index (χ1n) is 6.26. The highest BCUT2D eigenvalue weighted by Crippen LogP contribution is 2.37. The molecule has 2 aliphatic rings. The topological polar surface area (TPSA) is 46.6 Å². The van der Waals surface area contributed by atoms with Gasteiger partial charge in [-0.05, 0) is 12.0 Å². The van der Waals surface area contributed by atoms with E-state index in [9.17, 15) is 9.59 Å². The van der Waals surface area contributed by atoms with Crippen LogP contribution < -0.4 is 0 Å². The van der Waals surface area contributed by atoms with E-state index in [4.69, 9.17) is 4.74 Å². The van der Waals surface area contributed by atoms with E-state index in [1.165, 1.54) is 0 Å². The molecule has 2 fully saturated rings. The van der Waals surface area contributed by atoms with Crippen molar-refractivity contribution in [3.8, 4) is 0 Å². The van der Waals surface area contributed by atoms with Crippen molar-refractivity contribution in [2.45, 2.75) is 25.5 Å². The smallest absolute Gasteiger partial charge is 0.410 e. The van der Waals surface area contributed by atoms with E-state index in [1.54, 1.807) is 4.90 Å². The number of ether oxygens (including phenoxy) is 1. The molecule has 2 atom stereocenters. The van der Waals surface area contributed by atoms with Crippen LogP contribution in [0.3, 0.4) is 0 Å². The fourth-order valence-corrected chi connectivity index (χ4v) is 2.71. The number of hydrogen-bond acceptors (Lipinski definition) is 3. The number of carbonyl (C=O) groups is 2. The first-order valence-corrected chi connectivity index (χ1v) is 6.26. The van der Waals surface area contributed by atoms with Gasteiger partial charge in [0.15, 0.2) is 0 Å². The third-order valence-corrected chi connectivity index (χ3v) is 3.81. The average molecular weight is 245 g/mol. The number of rotatable bonds is 2. The van der Waals surface area contributed by atoms with Gasteiger partial charge in [-0.3, -0.25) is 4.79 Å². The Morgan fingerprint density at radius 3 is 2.78 bits per heavy atom. The predicted molar refractivity (Wildman–Crippen MR) is 64.9 cm³/mol. The molecule has 3 rings (SSSR count). The summed E-state index contributed by atoms with van der Waals surface area (Å²) in [6.45, 7) is 0.941. The van der Waals surface area contributed by atoms with Gasteiger partial charge < -0.3 is 9.64 Å². The minimum atomic E-state index is -0.293. The van der Waals surface area contributed by atoms with Gasteiger partial charge in [0, 0.05) is 18.9 Å². The van der Waals surface area contributed by atoms with Crippen LogP contribution in [0, 0.1) is 5.92 Å². The van der Waals surface area contributed by atoms with Gasteiger partial charge in [-0.1, -0.05) is 30.3 Å². The molecule has 2 unspecified atom stereocenters. The molecule has 1 heterocycles.